The van der Waals surface area contributed by atoms with Crippen molar-refractivity contribution in [1.29, 1.82) is 0 Å². The van der Waals surface area contributed by atoms with Crippen LogP contribution in [0.25, 0.3) is 0 Å². The lowest BCUT2D eigenvalue weighted by Crippen LogP contribution is -2.13. The topological polar surface area (TPSA) is 79.3 Å². The van der Waals surface area contributed by atoms with Crippen LogP contribution in [0.4, 0.5) is 5.82 Å². The van der Waals surface area contributed by atoms with Gasteiger partial charge in [0.05, 0.1) is 0 Å². The molecule has 0 bridgehead atoms. The van der Waals surface area contributed by atoms with Gasteiger partial charge in [-0.05, 0) is 39.5 Å². The fourth-order valence-electron chi connectivity index (χ4n) is 1.12. The number of hydrogen-bond donors (Lipinski definition) is 2. The third kappa shape index (κ3) is 2.59. The first-order valence-electron chi connectivity index (χ1n) is 4.40. The number of anilines is 1. The van der Waals surface area contributed by atoms with Crippen LogP contribution in [0.3, 0.4) is 0 Å². The van der Waals surface area contributed by atoms with Crippen molar-refractivity contribution in [1.82, 2.24) is 4.98 Å². The van der Waals surface area contributed by atoms with Crippen molar-refractivity contribution in [3.63, 3.8) is 0 Å². The minimum absolute atomic E-state index is 0.0900. The summed E-state index contributed by atoms with van der Waals surface area (Å²) in [5, 5.41) is 11.1. The second-order valence-corrected chi connectivity index (χ2v) is 6.68. The van der Waals surface area contributed by atoms with E-state index < -0.39 is 10.0 Å². The van der Waals surface area contributed by atoms with Gasteiger partial charge in [0, 0.05) is 10.7 Å². The lowest BCUT2D eigenvalue weighted by molar-refractivity contribution is 0.475. The summed E-state index contributed by atoms with van der Waals surface area (Å²) >= 11 is 4.22. The normalized spacial score (nSPS) is 11.4. The predicted octanol–water partition coefficient (Wildman–Crippen LogP) is 2.41. The molecule has 0 saturated heterocycles. The molecule has 0 aromatic carbocycles. The van der Waals surface area contributed by atoms with Gasteiger partial charge in [-0.15, -0.1) is 11.3 Å². The first-order valence-corrected chi connectivity index (χ1v) is 7.56. The van der Waals surface area contributed by atoms with Gasteiger partial charge in [0.2, 0.25) is 0 Å². The molecular formula is C9H7BrN2O3S2. The van der Waals surface area contributed by atoms with Crippen LogP contribution in [0.15, 0.2) is 38.5 Å². The number of aromatic nitrogens is 1. The molecule has 90 valence electrons. The summed E-state index contributed by atoms with van der Waals surface area (Å²) in [5.41, 5.74) is 0. The Hall–Kier alpha value is -1.12. The van der Waals surface area contributed by atoms with E-state index in [2.05, 4.69) is 25.6 Å². The Bertz CT molecular complexity index is 639. The molecular weight excluding hydrogens is 328 g/mol. The third-order valence-electron chi connectivity index (χ3n) is 1.85. The zero-order valence-electron chi connectivity index (χ0n) is 8.29. The number of halogens is 1. The highest BCUT2D eigenvalue weighted by atomic mass is 79.9. The van der Waals surface area contributed by atoms with E-state index in [1.54, 1.807) is 11.4 Å². The Morgan fingerprint density at radius 2 is 2.18 bits per heavy atom. The number of sulfonamides is 1. The molecule has 0 aliphatic rings. The van der Waals surface area contributed by atoms with Gasteiger partial charge in [-0.3, -0.25) is 4.72 Å². The molecule has 0 aliphatic heterocycles. The maximum absolute atomic E-state index is 12.0. The summed E-state index contributed by atoms with van der Waals surface area (Å²) in [4.78, 5) is 3.75. The molecule has 2 aromatic rings. The van der Waals surface area contributed by atoms with Crippen LogP contribution in [0, 0.1) is 0 Å². The molecule has 0 aliphatic carbocycles. The molecule has 0 fully saturated rings. The van der Waals surface area contributed by atoms with Crippen LogP contribution in [0.5, 0.6) is 5.75 Å². The van der Waals surface area contributed by atoms with Crippen LogP contribution < -0.4 is 4.72 Å². The number of hydrogen-bond acceptors (Lipinski definition) is 5. The number of nitrogens with zero attached hydrogens (tertiary/aromatic N) is 1. The van der Waals surface area contributed by atoms with E-state index in [-0.39, 0.29) is 15.8 Å². The van der Waals surface area contributed by atoms with Gasteiger partial charge in [0.25, 0.3) is 10.0 Å². The lowest BCUT2D eigenvalue weighted by Gasteiger charge is -2.06. The molecule has 0 radical (unpaired) electrons. The Morgan fingerprint density at radius 1 is 1.41 bits per heavy atom. The largest absolute Gasteiger partial charge is 0.504 e. The van der Waals surface area contributed by atoms with Crippen molar-refractivity contribution < 1.29 is 13.5 Å². The Labute approximate surface area is 110 Å². The highest BCUT2D eigenvalue weighted by molar-refractivity contribution is 9.10. The summed E-state index contributed by atoms with van der Waals surface area (Å²) in [7, 11) is -3.72. The summed E-state index contributed by atoms with van der Waals surface area (Å²) in [6.45, 7) is 0. The molecule has 2 aromatic heterocycles. The molecule has 0 spiro atoms. The molecule has 0 unspecified atom stereocenters. The number of pyridine rings is 1. The zero-order valence-corrected chi connectivity index (χ0v) is 11.5. The van der Waals surface area contributed by atoms with Gasteiger partial charge < -0.3 is 5.11 Å². The van der Waals surface area contributed by atoms with Crippen LogP contribution >= 0.6 is 27.3 Å². The van der Waals surface area contributed by atoms with Gasteiger partial charge in [0.1, 0.15) is 0 Å². The van der Waals surface area contributed by atoms with Crippen LogP contribution in [0.2, 0.25) is 0 Å². The molecule has 0 saturated carbocycles. The average Bonchev–Trinajstić information content (AvgIpc) is 2.68. The van der Waals surface area contributed by atoms with Crippen LogP contribution in [-0.2, 0) is 10.0 Å². The Balaban J connectivity index is 2.37. The number of nitrogens with one attached hydrogen (secondary N) is 1. The highest BCUT2D eigenvalue weighted by Crippen LogP contribution is 2.30. The molecule has 0 amide bonds. The van der Waals surface area contributed by atoms with E-state index >= 15 is 0 Å². The first-order chi connectivity index (χ1) is 8.00. The number of rotatable bonds is 3. The predicted molar refractivity (Wildman–Crippen MR) is 68.7 cm³/mol. The van der Waals surface area contributed by atoms with Gasteiger partial charge in [-0.25, -0.2) is 13.4 Å². The summed E-state index contributed by atoms with van der Waals surface area (Å²) in [6.07, 6.45) is 1.39. The quantitative estimate of drug-likeness (QED) is 0.903. The van der Waals surface area contributed by atoms with Gasteiger partial charge in [-0.2, -0.15) is 0 Å². The van der Waals surface area contributed by atoms with E-state index in [9.17, 15) is 13.5 Å². The van der Waals surface area contributed by atoms with Crippen molar-refractivity contribution in [2.45, 2.75) is 4.21 Å². The second-order valence-electron chi connectivity index (χ2n) is 3.03. The summed E-state index contributed by atoms with van der Waals surface area (Å²) in [5.74, 6) is -0.309. The maximum atomic E-state index is 12.0. The van der Waals surface area contributed by atoms with Crippen LogP contribution in [0.1, 0.15) is 0 Å². The Morgan fingerprint density at radius 3 is 2.76 bits per heavy atom. The molecule has 17 heavy (non-hydrogen) atoms. The number of thiophene rings is 1. The molecule has 8 heteroatoms. The molecule has 5 nitrogen and oxygen atoms in total. The van der Waals surface area contributed by atoms with E-state index in [0.29, 0.717) is 4.47 Å². The lowest BCUT2D eigenvalue weighted by atomic mass is 10.4. The minimum Gasteiger partial charge on any atom is -0.504 e. The number of aromatic hydroxyl groups is 1. The van der Waals surface area contributed by atoms with Crippen molar-refractivity contribution in [3.05, 3.63) is 34.2 Å². The summed E-state index contributed by atoms with van der Waals surface area (Å²) < 4.78 is 26.7. The highest BCUT2D eigenvalue weighted by Gasteiger charge is 2.20. The molecule has 0 atom stereocenters. The maximum Gasteiger partial charge on any atom is 0.273 e. The monoisotopic (exact) mass is 334 g/mol. The Kier molecular flexibility index (Phi) is 3.36. The van der Waals surface area contributed by atoms with Crippen molar-refractivity contribution in [2.75, 3.05) is 4.72 Å². The van der Waals surface area contributed by atoms with Gasteiger partial charge in [0.15, 0.2) is 15.8 Å². The van der Waals surface area contributed by atoms with Gasteiger partial charge >= 0.3 is 0 Å². The summed E-state index contributed by atoms with van der Waals surface area (Å²) in [6, 6.07) is 4.50. The fourth-order valence-corrected chi connectivity index (χ4v) is 4.48. The van der Waals surface area contributed by atoms with E-state index in [1.165, 1.54) is 18.3 Å². The van der Waals surface area contributed by atoms with Crippen molar-refractivity contribution in [3.8, 4) is 5.75 Å². The fraction of sp³-hybridized carbons (Fsp3) is 0. The smallest absolute Gasteiger partial charge is 0.273 e. The van der Waals surface area contributed by atoms with E-state index in [0.717, 1.165) is 11.3 Å². The molecule has 2 rings (SSSR count). The molecule has 2 N–H and O–H groups in total. The van der Waals surface area contributed by atoms with Crippen molar-refractivity contribution in [2.24, 2.45) is 0 Å². The second kappa shape index (κ2) is 4.63. The zero-order chi connectivity index (χ0) is 12.5. The minimum atomic E-state index is -3.72. The van der Waals surface area contributed by atoms with Crippen LogP contribution in [-0.4, -0.2) is 18.5 Å². The average molecular weight is 335 g/mol. The standard InChI is InChI=1S/C9H7BrN2O3S2/c10-6-3-5-16-9(6)17(14,15)12-8-7(13)2-1-4-11-8/h1-5,13H,(H,11,12). The van der Waals surface area contributed by atoms with E-state index in [1.807, 2.05) is 0 Å². The van der Waals surface area contributed by atoms with Gasteiger partial charge in [-0.1, -0.05) is 0 Å². The molecule has 2 heterocycles. The SMILES string of the molecule is O=S(=O)(Nc1ncccc1O)c1sccc1Br. The van der Waals surface area contributed by atoms with E-state index in [4.69, 9.17) is 0 Å². The van der Waals surface area contributed by atoms with Crippen molar-refractivity contribution >= 4 is 43.1 Å². The third-order valence-corrected chi connectivity index (χ3v) is 5.85. The first kappa shape index (κ1) is 12.3.